The molecule has 1 saturated heterocycles. The Balaban J connectivity index is 1.66. The Kier molecular flexibility index (Phi) is 6.70. The Hall–Kier alpha value is -2.47. The molecule has 0 aliphatic carbocycles. The summed E-state index contributed by atoms with van der Waals surface area (Å²) >= 11 is 0. The number of nitrogens with zero attached hydrogens (tertiary/aromatic N) is 1. The summed E-state index contributed by atoms with van der Waals surface area (Å²) < 4.78 is 55.5. The third kappa shape index (κ3) is 5.24. The summed E-state index contributed by atoms with van der Waals surface area (Å²) in [5, 5.41) is 7.89. The number of hydrogen-bond donors (Lipinski definition) is 2. The molecule has 0 atom stereocenters. The van der Waals surface area contributed by atoms with E-state index in [4.69, 9.17) is 9.88 Å². The number of carbonyl (C=O) groups is 1. The fraction of sp³-hybridized carbons (Fsp3) is 0.350. The molecule has 0 aromatic heterocycles. The maximum atomic E-state index is 12.8. The summed E-state index contributed by atoms with van der Waals surface area (Å²) in [4.78, 5) is 12.7. The lowest BCUT2D eigenvalue weighted by atomic mass is 9.97. The monoisotopic (exact) mass is 467 g/mol. The summed E-state index contributed by atoms with van der Waals surface area (Å²) in [6, 6.07) is 10.8. The molecule has 168 valence electrons. The van der Waals surface area contributed by atoms with Crippen LogP contribution >= 0.6 is 0 Å². The normalized spacial score (nSPS) is 16.1. The van der Waals surface area contributed by atoms with Crippen molar-refractivity contribution < 1.29 is 26.4 Å². The van der Waals surface area contributed by atoms with E-state index in [1.165, 1.54) is 29.6 Å². The average Bonchev–Trinajstić information content (AvgIpc) is 2.73. The predicted molar refractivity (Wildman–Crippen MR) is 116 cm³/mol. The third-order valence-electron chi connectivity index (χ3n) is 5.22. The molecule has 0 saturated carbocycles. The summed E-state index contributed by atoms with van der Waals surface area (Å²) in [6.07, 6.45) is 0.713. The number of anilines is 1. The van der Waals surface area contributed by atoms with E-state index < -0.39 is 26.0 Å². The van der Waals surface area contributed by atoms with Crippen LogP contribution in [0.4, 0.5) is 5.69 Å². The number of methoxy groups -OCH3 is 1. The van der Waals surface area contributed by atoms with Gasteiger partial charge in [0.25, 0.3) is 0 Å². The van der Waals surface area contributed by atoms with Crippen LogP contribution in [0.25, 0.3) is 0 Å². The van der Waals surface area contributed by atoms with Gasteiger partial charge in [0.1, 0.15) is 10.6 Å². The number of nitrogens with two attached hydrogens (primary N) is 1. The molecule has 2 aromatic carbocycles. The standard InChI is InChI=1S/C20H25N3O6S2/c1-14-3-6-17(7-4-14)31(27,28)23-11-9-15(10-12-23)20(24)22-16-5-8-18(29-2)19(13-16)30(21,25)26/h3-8,13,15H,9-12H2,1-2H3,(H,22,24)(H2,21,25,26). The first kappa shape index (κ1) is 23.2. The smallest absolute Gasteiger partial charge is 0.243 e. The molecule has 1 fully saturated rings. The molecule has 0 bridgehead atoms. The van der Waals surface area contributed by atoms with Gasteiger partial charge < -0.3 is 10.1 Å². The molecule has 3 N–H and O–H groups in total. The first-order valence-electron chi connectivity index (χ1n) is 9.61. The molecule has 1 aliphatic heterocycles. The van der Waals surface area contributed by atoms with Crippen LogP contribution in [0, 0.1) is 12.8 Å². The van der Waals surface area contributed by atoms with Gasteiger partial charge in [0.2, 0.25) is 26.0 Å². The van der Waals surface area contributed by atoms with Crippen molar-refractivity contribution in [3.05, 3.63) is 48.0 Å². The molecule has 0 unspecified atom stereocenters. The van der Waals surface area contributed by atoms with Crippen molar-refractivity contribution in [2.24, 2.45) is 11.1 Å². The fourth-order valence-corrected chi connectivity index (χ4v) is 5.63. The summed E-state index contributed by atoms with van der Waals surface area (Å²) in [5.74, 6) is -0.627. The number of piperidine rings is 1. The van der Waals surface area contributed by atoms with Gasteiger partial charge in [-0.2, -0.15) is 4.31 Å². The maximum absolute atomic E-state index is 12.8. The van der Waals surface area contributed by atoms with Crippen LogP contribution in [0.5, 0.6) is 5.75 Å². The molecule has 1 amide bonds. The molecule has 1 aliphatic rings. The van der Waals surface area contributed by atoms with E-state index in [0.29, 0.717) is 12.8 Å². The second-order valence-corrected chi connectivity index (χ2v) is 10.9. The van der Waals surface area contributed by atoms with Crippen molar-refractivity contribution in [3.8, 4) is 5.75 Å². The highest BCUT2D eigenvalue weighted by Gasteiger charge is 2.32. The largest absolute Gasteiger partial charge is 0.495 e. The molecular formula is C20H25N3O6S2. The van der Waals surface area contributed by atoms with Crippen LogP contribution in [0.1, 0.15) is 18.4 Å². The van der Waals surface area contributed by atoms with E-state index in [-0.39, 0.29) is 40.2 Å². The van der Waals surface area contributed by atoms with E-state index in [1.807, 2.05) is 6.92 Å². The quantitative estimate of drug-likeness (QED) is 0.664. The number of sulfonamides is 2. The van der Waals surface area contributed by atoms with E-state index in [9.17, 15) is 21.6 Å². The van der Waals surface area contributed by atoms with Gasteiger partial charge in [-0.15, -0.1) is 0 Å². The number of amides is 1. The minimum Gasteiger partial charge on any atom is -0.495 e. The van der Waals surface area contributed by atoms with Crippen LogP contribution < -0.4 is 15.2 Å². The molecule has 2 aromatic rings. The number of hydrogen-bond acceptors (Lipinski definition) is 6. The second kappa shape index (κ2) is 8.95. The molecule has 31 heavy (non-hydrogen) atoms. The lowest BCUT2D eigenvalue weighted by molar-refractivity contribution is -0.120. The first-order chi connectivity index (χ1) is 14.5. The molecule has 0 radical (unpaired) electrons. The number of carbonyl (C=O) groups excluding carboxylic acids is 1. The summed E-state index contributed by atoms with van der Waals surface area (Å²) in [7, 11) is -6.32. The van der Waals surface area contributed by atoms with Gasteiger partial charge in [0.05, 0.1) is 12.0 Å². The zero-order valence-corrected chi connectivity index (χ0v) is 18.9. The number of primary sulfonamides is 1. The lowest BCUT2D eigenvalue weighted by Crippen LogP contribution is -2.41. The first-order valence-corrected chi connectivity index (χ1v) is 12.6. The van der Waals surface area contributed by atoms with Gasteiger partial charge in [0.15, 0.2) is 0 Å². The molecule has 11 heteroatoms. The van der Waals surface area contributed by atoms with Crippen LogP contribution in [-0.4, -0.2) is 47.2 Å². The van der Waals surface area contributed by atoms with Crippen molar-refractivity contribution >= 4 is 31.6 Å². The van der Waals surface area contributed by atoms with E-state index in [2.05, 4.69) is 5.32 Å². The fourth-order valence-electron chi connectivity index (χ4n) is 3.44. The Morgan fingerprint density at radius 1 is 1.06 bits per heavy atom. The molecule has 3 rings (SSSR count). The Bertz CT molecular complexity index is 1170. The zero-order valence-electron chi connectivity index (χ0n) is 17.2. The van der Waals surface area contributed by atoms with Gasteiger partial charge in [-0.05, 0) is 50.1 Å². The van der Waals surface area contributed by atoms with Gasteiger partial charge >= 0.3 is 0 Å². The number of ether oxygens (including phenoxy) is 1. The van der Waals surface area contributed by atoms with Crippen molar-refractivity contribution in [2.75, 3.05) is 25.5 Å². The SMILES string of the molecule is COc1ccc(NC(=O)C2CCN(S(=O)(=O)c3ccc(C)cc3)CC2)cc1S(N)(=O)=O. The van der Waals surface area contributed by atoms with Crippen molar-refractivity contribution in [2.45, 2.75) is 29.6 Å². The van der Waals surface area contributed by atoms with Crippen LogP contribution in [0.2, 0.25) is 0 Å². The Morgan fingerprint density at radius 3 is 2.23 bits per heavy atom. The van der Waals surface area contributed by atoms with E-state index in [0.717, 1.165) is 5.56 Å². The lowest BCUT2D eigenvalue weighted by Gasteiger charge is -2.30. The highest BCUT2D eigenvalue weighted by Crippen LogP contribution is 2.28. The number of aryl methyl sites for hydroxylation is 1. The highest BCUT2D eigenvalue weighted by molar-refractivity contribution is 7.89. The topological polar surface area (TPSA) is 136 Å². The zero-order chi connectivity index (χ0) is 22.8. The van der Waals surface area contributed by atoms with Gasteiger partial charge in [-0.3, -0.25) is 4.79 Å². The van der Waals surface area contributed by atoms with Crippen LogP contribution in [-0.2, 0) is 24.8 Å². The summed E-state index contributed by atoms with van der Waals surface area (Å²) in [6.45, 7) is 2.33. The van der Waals surface area contributed by atoms with Crippen molar-refractivity contribution in [1.29, 1.82) is 0 Å². The van der Waals surface area contributed by atoms with Gasteiger partial charge in [-0.1, -0.05) is 17.7 Å². The summed E-state index contributed by atoms with van der Waals surface area (Å²) in [5.41, 5.74) is 1.24. The Morgan fingerprint density at radius 2 is 1.68 bits per heavy atom. The van der Waals surface area contributed by atoms with Crippen molar-refractivity contribution in [1.82, 2.24) is 4.31 Å². The molecule has 9 nitrogen and oxygen atoms in total. The number of benzene rings is 2. The number of rotatable bonds is 6. The third-order valence-corrected chi connectivity index (χ3v) is 8.07. The Labute approximate surface area is 182 Å². The van der Waals surface area contributed by atoms with Crippen LogP contribution in [0.3, 0.4) is 0 Å². The van der Waals surface area contributed by atoms with Crippen molar-refractivity contribution in [3.63, 3.8) is 0 Å². The highest BCUT2D eigenvalue weighted by atomic mass is 32.2. The van der Waals surface area contributed by atoms with E-state index in [1.54, 1.807) is 24.3 Å². The minimum absolute atomic E-state index is 0.0788. The maximum Gasteiger partial charge on any atom is 0.243 e. The predicted octanol–water partition coefficient (Wildman–Crippen LogP) is 1.69. The number of nitrogens with one attached hydrogen (secondary N) is 1. The minimum atomic E-state index is -4.03. The van der Waals surface area contributed by atoms with Crippen LogP contribution in [0.15, 0.2) is 52.3 Å². The van der Waals surface area contributed by atoms with Gasteiger partial charge in [-0.25, -0.2) is 22.0 Å². The molecular weight excluding hydrogens is 442 g/mol. The second-order valence-electron chi connectivity index (χ2n) is 7.39. The molecule has 1 heterocycles. The van der Waals surface area contributed by atoms with E-state index >= 15 is 0 Å². The molecule has 0 spiro atoms. The average molecular weight is 468 g/mol. The van der Waals surface area contributed by atoms with Gasteiger partial charge in [0, 0.05) is 24.7 Å².